The molecule has 2 aromatic heterocycles. The fourth-order valence-electron chi connectivity index (χ4n) is 4.31. The summed E-state index contributed by atoms with van der Waals surface area (Å²) in [6, 6.07) is 5.64. The number of imidazole rings is 1. The average molecular weight is 445 g/mol. The molecule has 0 bridgehead atoms. The summed E-state index contributed by atoms with van der Waals surface area (Å²) in [5.74, 6) is -4.24. The first kappa shape index (κ1) is 20.4. The van der Waals surface area contributed by atoms with Crippen molar-refractivity contribution >= 4 is 5.82 Å². The Bertz CT molecular complexity index is 1200. The molecule has 1 aromatic carbocycles. The number of aromatic nitrogens is 3. The van der Waals surface area contributed by atoms with Gasteiger partial charge in [-0.25, -0.2) is 13.2 Å². The van der Waals surface area contributed by atoms with Crippen molar-refractivity contribution in [3.63, 3.8) is 0 Å². The predicted octanol–water partition coefficient (Wildman–Crippen LogP) is 3.48. The molecular weight excluding hydrogens is 427 g/mol. The fourth-order valence-corrected chi connectivity index (χ4v) is 4.31. The van der Waals surface area contributed by atoms with Gasteiger partial charge in [0.1, 0.15) is 11.8 Å². The number of halogens is 3. The summed E-state index contributed by atoms with van der Waals surface area (Å²) < 4.78 is 48.0. The van der Waals surface area contributed by atoms with Crippen LogP contribution in [0.25, 0.3) is 11.3 Å². The number of benzene rings is 1. The highest BCUT2D eigenvalue weighted by atomic mass is 19.2. The van der Waals surface area contributed by atoms with Crippen molar-refractivity contribution in [1.82, 2.24) is 19.4 Å². The van der Waals surface area contributed by atoms with Crippen LogP contribution in [-0.4, -0.2) is 43.0 Å². The number of fused-ring (bicyclic) bond motifs is 2. The van der Waals surface area contributed by atoms with E-state index < -0.39 is 28.0 Å². The van der Waals surface area contributed by atoms with Gasteiger partial charge in [0.15, 0.2) is 17.5 Å². The van der Waals surface area contributed by atoms with Gasteiger partial charge in [0.05, 0.1) is 12.2 Å². The monoisotopic (exact) mass is 445 g/mol. The smallest absolute Gasteiger partial charge is 0.415 e. The van der Waals surface area contributed by atoms with E-state index in [-0.39, 0.29) is 17.4 Å². The van der Waals surface area contributed by atoms with E-state index in [0.717, 1.165) is 23.4 Å². The van der Waals surface area contributed by atoms with Crippen molar-refractivity contribution in [3.8, 4) is 17.3 Å². The molecule has 1 unspecified atom stereocenters. The van der Waals surface area contributed by atoms with Gasteiger partial charge < -0.3 is 14.9 Å². The Morgan fingerprint density at radius 1 is 1.22 bits per heavy atom. The lowest BCUT2D eigenvalue weighted by Crippen LogP contribution is -2.46. The molecule has 11 heteroatoms. The first-order chi connectivity index (χ1) is 15.2. The van der Waals surface area contributed by atoms with Crippen LogP contribution in [0.4, 0.5) is 19.0 Å². The summed E-state index contributed by atoms with van der Waals surface area (Å²) in [7, 11) is 0. The SMILES string of the molecule is CC1(CN2CCc3nc(-c4cc(F)c(F)c(F)c4)ccc3C2)Cn2cc([N+](=O)[O-])nc2O1. The van der Waals surface area contributed by atoms with Gasteiger partial charge in [-0.1, -0.05) is 6.07 Å². The molecule has 0 spiro atoms. The molecular formula is C21H18F3N5O3. The van der Waals surface area contributed by atoms with Crippen molar-refractivity contribution < 1.29 is 22.8 Å². The number of ether oxygens (including phenoxy) is 1. The average Bonchev–Trinajstić information content (AvgIpc) is 3.26. The van der Waals surface area contributed by atoms with E-state index in [1.807, 2.05) is 13.0 Å². The summed E-state index contributed by atoms with van der Waals surface area (Å²) in [5, 5.41) is 10.9. The van der Waals surface area contributed by atoms with Crippen LogP contribution in [0.5, 0.6) is 6.01 Å². The maximum atomic E-state index is 13.6. The van der Waals surface area contributed by atoms with Crippen LogP contribution in [0.2, 0.25) is 0 Å². The second-order valence-electron chi connectivity index (χ2n) is 8.34. The van der Waals surface area contributed by atoms with Crippen LogP contribution < -0.4 is 4.74 Å². The van der Waals surface area contributed by atoms with Crippen LogP contribution in [-0.2, 0) is 19.5 Å². The van der Waals surface area contributed by atoms with Crippen LogP contribution in [0.1, 0.15) is 18.2 Å². The van der Waals surface area contributed by atoms with E-state index in [4.69, 9.17) is 4.74 Å². The van der Waals surface area contributed by atoms with E-state index in [1.54, 1.807) is 10.6 Å². The zero-order chi connectivity index (χ0) is 22.6. The Morgan fingerprint density at radius 2 is 1.97 bits per heavy atom. The second kappa shape index (κ2) is 7.30. The predicted molar refractivity (Wildman–Crippen MR) is 106 cm³/mol. The maximum absolute atomic E-state index is 13.6. The number of nitrogens with zero attached hydrogens (tertiary/aromatic N) is 5. The second-order valence-corrected chi connectivity index (χ2v) is 8.34. The summed E-state index contributed by atoms with van der Waals surface area (Å²) in [6.45, 7) is 4.26. The minimum Gasteiger partial charge on any atom is -0.436 e. The third-order valence-corrected chi connectivity index (χ3v) is 5.72. The minimum absolute atomic E-state index is 0.182. The van der Waals surface area contributed by atoms with Crippen molar-refractivity contribution in [2.45, 2.75) is 32.0 Å². The lowest BCUT2D eigenvalue weighted by atomic mass is 10.00. The number of rotatable bonds is 4. The first-order valence-corrected chi connectivity index (χ1v) is 9.97. The van der Waals surface area contributed by atoms with Crippen LogP contribution in [0.15, 0.2) is 30.5 Å². The molecule has 0 amide bonds. The van der Waals surface area contributed by atoms with Crippen molar-refractivity contribution in [1.29, 1.82) is 0 Å². The molecule has 2 aliphatic heterocycles. The molecule has 3 aromatic rings. The van der Waals surface area contributed by atoms with Crippen LogP contribution in [0, 0.1) is 27.6 Å². The van der Waals surface area contributed by atoms with Crippen molar-refractivity contribution in [2.75, 3.05) is 13.1 Å². The lowest BCUT2D eigenvalue weighted by molar-refractivity contribution is -0.389. The molecule has 0 fully saturated rings. The molecule has 4 heterocycles. The Kier molecular flexibility index (Phi) is 4.66. The molecule has 0 radical (unpaired) electrons. The molecule has 0 N–H and O–H groups in total. The molecule has 0 saturated heterocycles. The maximum Gasteiger partial charge on any atom is 0.415 e. The third-order valence-electron chi connectivity index (χ3n) is 5.72. The van der Waals surface area contributed by atoms with Gasteiger partial charge in [0.2, 0.25) is 0 Å². The first-order valence-electron chi connectivity index (χ1n) is 9.97. The van der Waals surface area contributed by atoms with E-state index in [2.05, 4.69) is 14.9 Å². The van der Waals surface area contributed by atoms with Gasteiger partial charge in [-0.05, 0) is 35.6 Å². The minimum atomic E-state index is -1.50. The Morgan fingerprint density at radius 3 is 2.66 bits per heavy atom. The van der Waals surface area contributed by atoms with E-state index in [1.165, 1.54) is 6.20 Å². The number of hydrogen-bond acceptors (Lipinski definition) is 6. The standard InChI is InChI=1S/C21H18F3N5O3/c1-21(11-28-9-18(29(30)31)26-20(28)32-21)10-27-5-4-17-12(8-27)2-3-16(25-17)13-6-14(22)19(24)15(23)7-13/h2-3,6-7,9H,4-5,8,10-11H2,1H3. The molecule has 32 heavy (non-hydrogen) atoms. The van der Waals surface area contributed by atoms with Crippen molar-refractivity contribution in [3.05, 3.63) is 69.3 Å². The molecule has 5 rings (SSSR count). The van der Waals surface area contributed by atoms with Gasteiger partial charge in [-0.2, -0.15) is 0 Å². The summed E-state index contributed by atoms with van der Waals surface area (Å²) in [5.41, 5.74) is 1.80. The van der Waals surface area contributed by atoms with Crippen LogP contribution >= 0.6 is 0 Å². The fraction of sp³-hybridized carbons (Fsp3) is 0.333. The molecule has 0 aliphatic carbocycles. The largest absolute Gasteiger partial charge is 0.436 e. The van der Waals surface area contributed by atoms with Gasteiger partial charge in [-0.3, -0.25) is 14.5 Å². The van der Waals surface area contributed by atoms with Gasteiger partial charge in [0, 0.05) is 42.3 Å². The number of hydrogen-bond donors (Lipinski definition) is 0. The highest BCUT2D eigenvalue weighted by Gasteiger charge is 2.41. The zero-order valence-electron chi connectivity index (χ0n) is 17.0. The summed E-state index contributed by atoms with van der Waals surface area (Å²) in [6.07, 6.45) is 2.00. The van der Waals surface area contributed by atoms with Gasteiger partial charge in [0.25, 0.3) is 0 Å². The van der Waals surface area contributed by atoms with Crippen molar-refractivity contribution in [2.24, 2.45) is 0 Å². The zero-order valence-corrected chi connectivity index (χ0v) is 17.0. The van der Waals surface area contributed by atoms with Gasteiger partial charge in [-0.15, -0.1) is 0 Å². The summed E-state index contributed by atoms with van der Waals surface area (Å²) >= 11 is 0. The highest BCUT2D eigenvalue weighted by Crippen LogP contribution is 2.33. The van der Waals surface area contributed by atoms with Crippen LogP contribution in [0.3, 0.4) is 0 Å². The quantitative estimate of drug-likeness (QED) is 0.347. The van der Waals surface area contributed by atoms with E-state index in [0.29, 0.717) is 38.3 Å². The Balaban J connectivity index is 1.29. The molecule has 2 aliphatic rings. The van der Waals surface area contributed by atoms with E-state index >= 15 is 0 Å². The Labute approximate surface area is 180 Å². The summed E-state index contributed by atoms with van der Waals surface area (Å²) in [4.78, 5) is 21.0. The lowest BCUT2D eigenvalue weighted by Gasteiger charge is -2.34. The number of nitro groups is 1. The van der Waals surface area contributed by atoms with Gasteiger partial charge >= 0.3 is 11.8 Å². The number of pyridine rings is 1. The molecule has 0 saturated carbocycles. The molecule has 8 nitrogen and oxygen atoms in total. The van der Waals surface area contributed by atoms with E-state index in [9.17, 15) is 23.3 Å². The third kappa shape index (κ3) is 3.58. The topological polar surface area (TPSA) is 86.3 Å². The Hall–Kier alpha value is -3.47. The molecule has 166 valence electrons. The highest BCUT2D eigenvalue weighted by molar-refractivity contribution is 5.60. The molecule has 1 atom stereocenters. The normalized spacial score (nSPS) is 20.0.